The monoisotopic (exact) mass is 295 g/mol. The predicted molar refractivity (Wildman–Crippen MR) is 82.0 cm³/mol. The first kappa shape index (κ1) is 14.4. The van der Waals surface area contributed by atoms with Gasteiger partial charge in [-0.15, -0.1) is 10.2 Å². The van der Waals surface area contributed by atoms with Crippen molar-refractivity contribution in [1.82, 2.24) is 15.5 Å². The van der Waals surface area contributed by atoms with E-state index in [-0.39, 0.29) is 0 Å². The second-order valence-corrected chi connectivity index (χ2v) is 5.88. The molecule has 19 heavy (non-hydrogen) atoms. The molecule has 0 aliphatic rings. The van der Waals surface area contributed by atoms with Crippen LogP contribution >= 0.6 is 22.9 Å². The van der Waals surface area contributed by atoms with Gasteiger partial charge in [0.05, 0.1) is 0 Å². The minimum Gasteiger partial charge on any atom is -0.316 e. The summed E-state index contributed by atoms with van der Waals surface area (Å²) >= 11 is 7.78. The first-order valence-electron chi connectivity index (χ1n) is 6.51. The lowest BCUT2D eigenvalue weighted by Gasteiger charge is -2.02. The molecule has 0 spiro atoms. The van der Waals surface area contributed by atoms with Crippen LogP contribution in [0.3, 0.4) is 0 Å². The first-order chi connectivity index (χ1) is 9.22. The van der Waals surface area contributed by atoms with Gasteiger partial charge in [0, 0.05) is 23.6 Å². The van der Waals surface area contributed by atoms with Crippen LogP contribution in [-0.2, 0) is 6.42 Å². The molecule has 0 bridgehead atoms. The molecule has 1 heterocycles. The normalized spacial score (nSPS) is 10.9. The topological polar surface area (TPSA) is 37.8 Å². The Morgan fingerprint density at radius 1 is 1.26 bits per heavy atom. The Hall–Kier alpha value is -0.970. The maximum Gasteiger partial charge on any atom is 0.148 e. The van der Waals surface area contributed by atoms with Crippen LogP contribution in [0.5, 0.6) is 0 Å². The maximum atomic E-state index is 6.14. The molecule has 0 saturated carbocycles. The van der Waals surface area contributed by atoms with Gasteiger partial charge in [-0.05, 0) is 31.5 Å². The van der Waals surface area contributed by atoms with Crippen molar-refractivity contribution in [2.75, 3.05) is 13.1 Å². The molecule has 0 fully saturated rings. The Kier molecular flexibility index (Phi) is 5.31. The van der Waals surface area contributed by atoms with Crippen LogP contribution in [-0.4, -0.2) is 23.3 Å². The highest BCUT2D eigenvalue weighted by Gasteiger charge is 2.10. The Bertz CT molecular complexity index is 539. The summed E-state index contributed by atoms with van der Waals surface area (Å²) in [4.78, 5) is 0. The van der Waals surface area contributed by atoms with E-state index >= 15 is 0 Å². The number of halogens is 1. The smallest absolute Gasteiger partial charge is 0.148 e. The zero-order valence-corrected chi connectivity index (χ0v) is 12.8. The molecule has 0 atom stereocenters. The fourth-order valence-electron chi connectivity index (χ4n) is 1.80. The average Bonchev–Trinajstić information content (AvgIpc) is 2.87. The van der Waals surface area contributed by atoms with E-state index in [9.17, 15) is 0 Å². The zero-order chi connectivity index (χ0) is 13.7. The van der Waals surface area contributed by atoms with Crippen molar-refractivity contribution in [2.24, 2.45) is 0 Å². The lowest BCUT2D eigenvalue weighted by atomic mass is 10.1. The van der Waals surface area contributed by atoms with Gasteiger partial charge in [0.25, 0.3) is 0 Å². The Morgan fingerprint density at radius 3 is 2.89 bits per heavy atom. The SMILES string of the molecule is CCCNCCc1nnc(-c2cccc(Cl)c2C)s1. The zero-order valence-electron chi connectivity index (χ0n) is 11.2. The number of benzene rings is 1. The van der Waals surface area contributed by atoms with E-state index in [1.54, 1.807) is 11.3 Å². The second-order valence-electron chi connectivity index (χ2n) is 4.41. The number of nitrogens with one attached hydrogen (secondary N) is 1. The van der Waals surface area contributed by atoms with E-state index in [1.807, 2.05) is 25.1 Å². The minimum absolute atomic E-state index is 0.777. The summed E-state index contributed by atoms with van der Waals surface area (Å²) in [7, 11) is 0. The molecule has 1 aromatic heterocycles. The van der Waals surface area contributed by atoms with Crippen molar-refractivity contribution < 1.29 is 0 Å². The lowest BCUT2D eigenvalue weighted by molar-refractivity contribution is 0.668. The number of nitrogens with zero attached hydrogens (tertiary/aromatic N) is 2. The van der Waals surface area contributed by atoms with Gasteiger partial charge in [-0.1, -0.05) is 42.0 Å². The van der Waals surface area contributed by atoms with Gasteiger partial charge < -0.3 is 5.32 Å². The fraction of sp³-hybridized carbons (Fsp3) is 0.429. The molecule has 0 saturated heterocycles. The summed E-state index contributed by atoms with van der Waals surface area (Å²) in [5, 5.41) is 14.7. The van der Waals surface area contributed by atoms with E-state index < -0.39 is 0 Å². The van der Waals surface area contributed by atoms with Crippen molar-refractivity contribution in [2.45, 2.75) is 26.7 Å². The van der Waals surface area contributed by atoms with Gasteiger partial charge >= 0.3 is 0 Å². The Morgan fingerprint density at radius 2 is 2.11 bits per heavy atom. The quantitative estimate of drug-likeness (QED) is 0.826. The predicted octanol–water partition coefficient (Wildman–Crippen LogP) is 3.71. The number of rotatable bonds is 6. The molecule has 1 N–H and O–H groups in total. The summed E-state index contributed by atoms with van der Waals surface area (Å²) in [6.45, 7) is 6.19. The van der Waals surface area contributed by atoms with Crippen LogP contribution in [0.4, 0.5) is 0 Å². The first-order valence-corrected chi connectivity index (χ1v) is 7.70. The van der Waals surface area contributed by atoms with E-state index in [4.69, 9.17) is 11.6 Å². The molecule has 2 rings (SSSR count). The fourth-order valence-corrected chi connectivity index (χ4v) is 2.90. The van der Waals surface area contributed by atoms with Crippen molar-refractivity contribution in [3.63, 3.8) is 0 Å². The second kappa shape index (κ2) is 6.98. The highest BCUT2D eigenvalue weighted by Crippen LogP contribution is 2.30. The van der Waals surface area contributed by atoms with Crippen LogP contribution in [0.25, 0.3) is 10.6 Å². The van der Waals surface area contributed by atoms with Crippen LogP contribution < -0.4 is 5.32 Å². The van der Waals surface area contributed by atoms with Crippen molar-refractivity contribution in [1.29, 1.82) is 0 Å². The highest BCUT2D eigenvalue weighted by molar-refractivity contribution is 7.14. The van der Waals surface area contributed by atoms with Gasteiger partial charge in [-0.25, -0.2) is 0 Å². The molecule has 0 aliphatic carbocycles. The number of aromatic nitrogens is 2. The van der Waals surface area contributed by atoms with Crippen molar-refractivity contribution in [3.05, 3.63) is 33.8 Å². The lowest BCUT2D eigenvalue weighted by Crippen LogP contribution is -2.17. The van der Waals surface area contributed by atoms with E-state index in [1.165, 1.54) is 0 Å². The average molecular weight is 296 g/mol. The maximum absolute atomic E-state index is 6.14. The molecule has 5 heteroatoms. The third-order valence-electron chi connectivity index (χ3n) is 2.91. The summed E-state index contributed by atoms with van der Waals surface area (Å²) in [5.74, 6) is 0. The van der Waals surface area contributed by atoms with Crippen LogP contribution in [0.2, 0.25) is 5.02 Å². The van der Waals surface area contributed by atoms with E-state index in [2.05, 4.69) is 22.4 Å². The summed E-state index contributed by atoms with van der Waals surface area (Å²) < 4.78 is 0. The molecule has 102 valence electrons. The van der Waals surface area contributed by atoms with Gasteiger partial charge in [0.2, 0.25) is 0 Å². The summed E-state index contributed by atoms with van der Waals surface area (Å²) in [6, 6.07) is 5.90. The van der Waals surface area contributed by atoms with Gasteiger partial charge in [-0.2, -0.15) is 0 Å². The molecular formula is C14H18ClN3S. The largest absolute Gasteiger partial charge is 0.316 e. The molecule has 3 nitrogen and oxygen atoms in total. The van der Waals surface area contributed by atoms with Crippen molar-refractivity contribution in [3.8, 4) is 10.6 Å². The third kappa shape index (κ3) is 3.75. The van der Waals surface area contributed by atoms with E-state index in [0.717, 1.165) is 52.1 Å². The molecule has 0 unspecified atom stereocenters. The summed E-state index contributed by atoms with van der Waals surface area (Å²) in [5.41, 5.74) is 2.15. The molecule has 2 aromatic rings. The van der Waals surface area contributed by atoms with Gasteiger partial charge in [0.15, 0.2) is 0 Å². The van der Waals surface area contributed by atoms with Crippen LogP contribution in [0, 0.1) is 6.92 Å². The third-order valence-corrected chi connectivity index (χ3v) is 4.33. The van der Waals surface area contributed by atoms with Gasteiger partial charge in [-0.3, -0.25) is 0 Å². The standard InChI is InChI=1S/C14H18ClN3S/c1-3-8-16-9-7-13-17-18-14(19-13)11-5-4-6-12(15)10(11)2/h4-6,16H,3,7-9H2,1-2H3. The van der Waals surface area contributed by atoms with Crippen LogP contribution in [0.1, 0.15) is 23.9 Å². The molecule has 0 aliphatic heterocycles. The molecule has 1 aromatic carbocycles. The van der Waals surface area contributed by atoms with E-state index in [0.29, 0.717) is 0 Å². The van der Waals surface area contributed by atoms with Crippen LogP contribution in [0.15, 0.2) is 18.2 Å². The highest BCUT2D eigenvalue weighted by atomic mass is 35.5. The Labute approximate surface area is 123 Å². The number of hydrogen-bond donors (Lipinski definition) is 1. The molecular weight excluding hydrogens is 278 g/mol. The Balaban J connectivity index is 2.06. The summed E-state index contributed by atoms with van der Waals surface area (Å²) in [6.07, 6.45) is 2.08. The number of hydrogen-bond acceptors (Lipinski definition) is 4. The molecule has 0 radical (unpaired) electrons. The van der Waals surface area contributed by atoms with Gasteiger partial charge in [0.1, 0.15) is 10.0 Å². The molecule has 0 amide bonds. The minimum atomic E-state index is 0.777. The van der Waals surface area contributed by atoms with Crippen molar-refractivity contribution >= 4 is 22.9 Å².